The number of rotatable bonds is 4. The predicted molar refractivity (Wildman–Crippen MR) is 72.1 cm³/mol. The minimum Gasteiger partial charge on any atom is -0.493 e. The van der Waals surface area contributed by atoms with Crippen molar-refractivity contribution < 1.29 is 19.4 Å². The van der Waals surface area contributed by atoms with Gasteiger partial charge in [-0.25, -0.2) is 0 Å². The monoisotopic (exact) mass is 265 g/mol. The molecule has 1 N–H and O–H groups in total. The van der Waals surface area contributed by atoms with Gasteiger partial charge in [-0.1, -0.05) is 0 Å². The number of ether oxygens (including phenoxy) is 2. The summed E-state index contributed by atoms with van der Waals surface area (Å²) >= 11 is 0. The Bertz CT molecular complexity index is 461. The second-order valence-electron chi connectivity index (χ2n) is 4.66. The van der Waals surface area contributed by atoms with E-state index in [4.69, 9.17) is 14.6 Å². The standard InChI is InChI=1S/C14H19NO4/c1-18-12-6-5-11(8-13(12)19-2)15-7-3-4-10(9-15)14(16)17/h5-6,8,10H,3-4,7,9H2,1-2H3,(H,16,17). The molecule has 1 aromatic rings. The van der Waals surface area contributed by atoms with Gasteiger partial charge in [0, 0.05) is 24.8 Å². The lowest BCUT2D eigenvalue weighted by Gasteiger charge is -2.32. The molecule has 104 valence electrons. The number of carboxylic acids is 1. The van der Waals surface area contributed by atoms with Crippen LogP contribution in [0.3, 0.4) is 0 Å². The molecule has 1 aliphatic rings. The van der Waals surface area contributed by atoms with Gasteiger partial charge in [0.1, 0.15) is 0 Å². The number of anilines is 1. The summed E-state index contributed by atoms with van der Waals surface area (Å²) in [5.74, 6) is 0.336. The van der Waals surface area contributed by atoms with Crippen molar-refractivity contribution in [1.29, 1.82) is 0 Å². The van der Waals surface area contributed by atoms with Gasteiger partial charge in [0.25, 0.3) is 0 Å². The molecule has 1 aliphatic heterocycles. The molecule has 5 nitrogen and oxygen atoms in total. The molecule has 2 rings (SSSR count). The van der Waals surface area contributed by atoms with E-state index >= 15 is 0 Å². The van der Waals surface area contributed by atoms with Crippen LogP contribution < -0.4 is 14.4 Å². The van der Waals surface area contributed by atoms with Crippen LogP contribution in [0.4, 0.5) is 5.69 Å². The summed E-state index contributed by atoms with van der Waals surface area (Å²) in [6, 6.07) is 5.67. The van der Waals surface area contributed by atoms with E-state index in [1.54, 1.807) is 14.2 Å². The summed E-state index contributed by atoms with van der Waals surface area (Å²) in [6.07, 6.45) is 1.64. The first-order valence-corrected chi connectivity index (χ1v) is 6.35. The molecule has 19 heavy (non-hydrogen) atoms. The Balaban J connectivity index is 2.19. The molecule has 0 spiro atoms. The average molecular weight is 265 g/mol. The van der Waals surface area contributed by atoms with E-state index in [-0.39, 0.29) is 5.92 Å². The molecule has 0 saturated carbocycles. The van der Waals surface area contributed by atoms with Crippen LogP contribution in [0, 0.1) is 5.92 Å². The van der Waals surface area contributed by atoms with Crippen molar-refractivity contribution in [3.05, 3.63) is 18.2 Å². The molecule has 0 bridgehead atoms. The van der Waals surface area contributed by atoms with Crippen LogP contribution in [0.2, 0.25) is 0 Å². The highest BCUT2D eigenvalue weighted by atomic mass is 16.5. The van der Waals surface area contributed by atoms with E-state index in [0.29, 0.717) is 18.0 Å². The highest BCUT2D eigenvalue weighted by Crippen LogP contribution is 2.33. The summed E-state index contributed by atoms with van der Waals surface area (Å²) in [7, 11) is 3.19. The van der Waals surface area contributed by atoms with E-state index in [9.17, 15) is 4.79 Å². The van der Waals surface area contributed by atoms with Crippen LogP contribution in [0.15, 0.2) is 18.2 Å². The van der Waals surface area contributed by atoms with E-state index < -0.39 is 5.97 Å². The van der Waals surface area contributed by atoms with Crippen LogP contribution >= 0.6 is 0 Å². The summed E-state index contributed by atoms with van der Waals surface area (Å²) in [5, 5.41) is 9.11. The molecule has 0 aromatic heterocycles. The number of carboxylic acid groups (broad SMARTS) is 1. The molecule has 0 aliphatic carbocycles. The zero-order valence-electron chi connectivity index (χ0n) is 11.3. The number of hydrogen-bond donors (Lipinski definition) is 1. The lowest BCUT2D eigenvalue weighted by atomic mass is 9.98. The number of piperidine rings is 1. The minimum atomic E-state index is -0.717. The van der Waals surface area contributed by atoms with Crippen LogP contribution in [0.5, 0.6) is 11.5 Å². The van der Waals surface area contributed by atoms with Crippen LogP contribution in [0.1, 0.15) is 12.8 Å². The first-order chi connectivity index (χ1) is 9.15. The molecule has 0 amide bonds. The highest BCUT2D eigenvalue weighted by Gasteiger charge is 2.25. The number of benzene rings is 1. The Hall–Kier alpha value is -1.91. The molecular formula is C14H19NO4. The lowest BCUT2D eigenvalue weighted by Crippen LogP contribution is -2.38. The fourth-order valence-electron chi connectivity index (χ4n) is 2.43. The van der Waals surface area contributed by atoms with E-state index in [0.717, 1.165) is 25.1 Å². The van der Waals surface area contributed by atoms with Crippen molar-refractivity contribution in [2.24, 2.45) is 5.92 Å². The summed E-state index contributed by atoms with van der Waals surface area (Å²) < 4.78 is 10.5. The molecule has 1 aromatic carbocycles. The molecule has 1 saturated heterocycles. The third-order valence-corrected chi connectivity index (χ3v) is 3.50. The third-order valence-electron chi connectivity index (χ3n) is 3.50. The Morgan fingerprint density at radius 1 is 1.32 bits per heavy atom. The summed E-state index contributed by atoms with van der Waals surface area (Å²) in [5.41, 5.74) is 0.976. The maximum absolute atomic E-state index is 11.1. The van der Waals surface area contributed by atoms with Gasteiger partial charge in [0.15, 0.2) is 11.5 Å². The van der Waals surface area contributed by atoms with Gasteiger partial charge >= 0.3 is 5.97 Å². The number of carbonyl (C=O) groups is 1. The fourth-order valence-corrected chi connectivity index (χ4v) is 2.43. The number of methoxy groups -OCH3 is 2. The normalized spacial score (nSPS) is 19.1. The smallest absolute Gasteiger partial charge is 0.308 e. The third kappa shape index (κ3) is 2.92. The Morgan fingerprint density at radius 3 is 2.68 bits per heavy atom. The van der Waals surface area contributed by atoms with Crippen LogP contribution in [0.25, 0.3) is 0 Å². The second kappa shape index (κ2) is 5.82. The van der Waals surface area contributed by atoms with Crippen molar-refractivity contribution in [2.75, 3.05) is 32.2 Å². The molecule has 1 heterocycles. The summed E-state index contributed by atoms with van der Waals surface area (Å²) in [6.45, 7) is 1.42. The SMILES string of the molecule is COc1ccc(N2CCCC(C(=O)O)C2)cc1OC. The Kier molecular flexibility index (Phi) is 4.14. The first-order valence-electron chi connectivity index (χ1n) is 6.35. The Labute approximate surface area is 112 Å². The fraction of sp³-hybridized carbons (Fsp3) is 0.500. The molecule has 1 unspecified atom stereocenters. The quantitative estimate of drug-likeness (QED) is 0.902. The largest absolute Gasteiger partial charge is 0.493 e. The van der Waals surface area contributed by atoms with Crippen molar-refractivity contribution in [1.82, 2.24) is 0 Å². The van der Waals surface area contributed by atoms with Gasteiger partial charge in [-0.3, -0.25) is 4.79 Å². The second-order valence-corrected chi connectivity index (χ2v) is 4.66. The van der Waals surface area contributed by atoms with Crippen LogP contribution in [-0.2, 0) is 4.79 Å². The minimum absolute atomic E-state index is 0.290. The van der Waals surface area contributed by atoms with Gasteiger partial charge in [-0.05, 0) is 25.0 Å². The van der Waals surface area contributed by atoms with Gasteiger partial charge in [0.2, 0.25) is 0 Å². The van der Waals surface area contributed by atoms with Crippen molar-refractivity contribution >= 4 is 11.7 Å². The maximum Gasteiger partial charge on any atom is 0.308 e. The number of hydrogen-bond acceptors (Lipinski definition) is 4. The summed E-state index contributed by atoms with van der Waals surface area (Å²) in [4.78, 5) is 13.2. The number of nitrogens with zero attached hydrogens (tertiary/aromatic N) is 1. The van der Waals surface area contributed by atoms with E-state index in [1.807, 2.05) is 18.2 Å². The van der Waals surface area contributed by atoms with Gasteiger partial charge in [0.05, 0.1) is 20.1 Å². The predicted octanol–water partition coefficient (Wildman–Crippen LogP) is 2.00. The molecule has 1 fully saturated rings. The maximum atomic E-state index is 11.1. The van der Waals surface area contributed by atoms with Gasteiger partial charge in [-0.2, -0.15) is 0 Å². The average Bonchev–Trinajstić information content (AvgIpc) is 2.46. The van der Waals surface area contributed by atoms with Gasteiger partial charge < -0.3 is 19.5 Å². The van der Waals surface area contributed by atoms with Crippen LogP contribution in [-0.4, -0.2) is 38.4 Å². The van der Waals surface area contributed by atoms with Crippen molar-refractivity contribution in [3.8, 4) is 11.5 Å². The lowest BCUT2D eigenvalue weighted by molar-refractivity contribution is -0.141. The zero-order valence-corrected chi connectivity index (χ0v) is 11.3. The van der Waals surface area contributed by atoms with E-state index in [2.05, 4.69) is 4.90 Å². The molecule has 1 atom stereocenters. The van der Waals surface area contributed by atoms with Gasteiger partial charge in [-0.15, -0.1) is 0 Å². The number of aliphatic carboxylic acids is 1. The molecular weight excluding hydrogens is 246 g/mol. The Morgan fingerprint density at radius 2 is 2.05 bits per heavy atom. The topological polar surface area (TPSA) is 59.0 Å². The van der Waals surface area contributed by atoms with E-state index in [1.165, 1.54) is 0 Å². The molecule has 5 heteroatoms. The zero-order chi connectivity index (χ0) is 13.8. The van der Waals surface area contributed by atoms with Crippen molar-refractivity contribution in [3.63, 3.8) is 0 Å². The van der Waals surface area contributed by atoms with Crippen molar-refractivity contribution in [2.45, 2.75) is 12.8 Å². The molecule has 0 radical (unpaired) electrons. The highest BCUT2D eigenvalue weighted by molar-refractivity contribution is 5.71. The first kappa shape index (κ1) is 13.5.